The van der Waals surface area contributed by atoms with Gasteiger partial charge in [-0.15, -0.1) is 23.1 Å². The van der Waals surface area contributed by atoms with Crippen LogP contribution in [0.15, 0.2) is 40.6 Å². The molecule has 124 valence electrons. The number of hydrogen-bond donors (Lipinski definition) is 0. The number of carbonyl (C=O) groups is 2. The molecule has 0 unspecified atom stereocenters. The molecule has 2 aromatic rings. The van der Waals surface area contributed by atoms with Gasteiger partial charge in [-0.3, -0.25) is 9.59 Å². The normalized spacial score (nSPS) is 15.1. The number of aryl methyl sites for hydroxylation is 1. The quantitative estimate of drug-likeness (QED) is 0.692. The first-order valence-corrected chi connectivity index (χ1v) is 9.63. The summed E-state index contributed by atoms with van der Waals surface area (Å²) in [4.78, 5) is 28.7. The Labute approximate surface area is 154 Å². The third-order valence-corrected chi connectivity index (χ3v) is 5.78. The summed E-state index contributed by atoms with van der Waals surface area (Å²) in [5, 5.41) is 2.61. The summed E-state index contributed by atoms with van der Waals surface area (Å²) in [5.41, 5.74) is 1.88. The van der Waals surface area contributed by atoms with Crippen LogP contribution in [-0.4, -0.2) is 17.1 Å². The van der Waals surface area contributed by atoms with Crippen molar-refractivity contribution in [1.82, 2.24) is 0 Å². The zero-order valence-corrected chi connectivity index (χ0v) is 15.9. The number of benzene rings is 1. The second kappa shape index (κ2) is 6.75. The number of anilines is 1. The van der Waals surface area contributed by atoms with Crippen molar-refractivity contribution in [2.75, 3.05) is 4.90 Å². The molecule has 0 fully saturated rings. The van der Waals surface area contributed by atoms with Gasteiger partial charge in [-0.2, -0.15) is 0 Å². The fourth-order valence-corrected chi connectivity index (χ4v) is 4.51. The number of imide groups is 1. The first kappa shape index (κ1) is 17.3. The summed E-state index contributed by atoms with van der Waals surface area (Å²) in [6.07, 6.45) is 0. The lowest BCUT2D eigenvalue weighted by atomic mass is 10.1. The summed E-state index contributed by atoms with van der Waals surface area (Å²) >= 11 is 8.98. The molecule has 0 aliphatic carbocycles. The highest BCUT2D eigenvalue weighted by atomic mass is 35.5. The Morgan fingerprint density at radius 2 is 1.92 bits per heavy atom. The topological polar surface area (TPSA) is 37.4 Å². The Kier molecular flexibility index (Phi) is 4.85. The Balaban J connectivity index is 2.13. The van der Waals surface area contributed by atoms with Gasteiger partial charge in [0.25, 0.3) is 11.8 Å². The van der Waals surface area contributed by atoms with Gasteiger partial charge in [0, 0.05) is 15.1 Å². The molecule has 1 aromatic carbocycles. The van der Waals surface area contributed by atoms with Gasteiger partial charge in [0.1, 0.15) is 0 Å². The van der Waals surface area contributed by atoms with E-state index in [2.05, 4.69) is 0 Å². The highest BCUT2D eigenvalue weighted by Crippen LogP contribution is 2.42. The van der Waals surface area contributed by atoms with Gasteiger partial charge in [0.15, 0.2) is 0 Å². The monoisotopic (exact) mass is 377 g/mol. The summed E-state index contributed by atoms with van der Waals surface area (Å²) in [6.45, 7) is 5.88. The number of rotatable bonds is 4. The molecule has 1 aromatic heterocycles. The molecule has 24 heavy (non-hydrogen) atoms. The van der Waals surface area contributed by atoms with E-state index in [4.69, 9.17) is 11.6 Å². The minimum absolute atomic E-state index is 0.201. The zero-order valence-electron chi connectivity index (χ0n) is 13.5. The predicted octanol–water partition coefficient (Wildman–Crippen LogP) is 5.14. The number of thiophene rings is 1. The summed E-state index contributed by atoms with van der Waals surface area (Å²) < 4.78 is 0. The Hall–Kier alpha value is -1.56. The van der Waals surface area contributed by atoms with Gasteiger partial charge in [-0.1, -0.05) is 37.6 Å². The van der Waals surface area contributed by atoms with Crippen LogP contribution in [-0.2, 0) is 9.59 Å². The van der Waals surface area contributed by atoms with Gasteiger partial charge < -0.3 is 0 Å². The highest BCUT2D eigenvalue weighted by molar-refractivity contribution is 8.04. The molecule has 0 atom stereocenters. The third-order valence-electron chi connectivity index (χ3n) is 3.57. The number of nitrogens with zero attached hydrogens (tertiary/aromatic N) is 1. The lowest BCUT2D eigenvalue weighted by molar-refractivity contribution is -0.119. The molecule has 6 heteroatoms. The largest absolute Gasteiger partial charge is 0.272 e. The van der Waals surface area contributed by atoms with E-state index in [1.807, 2.05) is 44.4 Å². The average Bonchev–Trinajstić information content (AvgIpc) is 3.10. The number of hydrogen-bond acceptors (Lipinski definition) is 4. The van der Waals surface area contributed by atoms with Gasteiger partial charge in [0.05, 0.1) is 16.2 Å². The van der Waals surface area contributed by atoms with E-state index in [-0.39, 0.29) is 17.1 Å². The SMILES string of the molecule is Cc1ccc(Cl)cc1N1C(=O)C(SC(C)C)=C(c2cccs2)C1=O. The zero-order chi connectivity index (χ0) is 17.4. The summed E-state index contributed by atoms with van der Waals surface area (Å²) in [5.74, 6) is -0.552. The van der Waals surface area contributed by atoms with Crippen LogP contribution in [0.5, 0.6) is 0 Å². The summed E-state index contributed by atoms with van der Waals surface area (Å²) in [6, 6.07) is 9.00. The average molecular weight is 378 g/mol. The first-order valence-electron chi connectivity index (χ1n) is 7.50. The fraction of sp³-hybridized carbons (Fsp3) is 0.222. The predicted molar refractivity (Wildman–Crippen MR) is 103 cm³/mol. The molecule has 1 aliphatic rings. The molecule has 2 heterocycles. The van der Waals surface area contributed by atoms with E-state index < -0.39 is 0 Å². The molecule has 2 amide bonds. The molecule has 3 nitrogen and oxygen atoms in total. The number of thioether (sulfide) groups is 1. The van der Waals surface area contributed by atoms with Crippen molar-refractivity contribution >= 4 is 57.8 Å². The van der Waals surface area contributed by atoms with Crippen LogP contribution in [0.2, 0.25) is 5.02 Å². The van der Waals surface area contributed by atoms with Gasteiger partial charge >= 0.3 is 0 Å². The van der Waals surface area contributed by atoms with Crippen molar-refractivity contribution in [3.8, 4) is 0 Å². The van der Waals surface area contributed by atoms with Crippen LogP contribution in [0.25, 0.3) is 5.57 Å². The molecular formula is C18H16ClNO2S2. The van der Waals surface area contributed by atoms with Crippen LogP contribution in [0.4, 0.5) is 5.69 Å². The molecule has 1 aliphatic heterocycles. The maximum Gasteiger partial charge on any atom is 0.272 e. The molecule has 0 saturated heterocycles. The van der Waals surface area contributed by atoms with E-state index >= 15 is 0 Å². The molecule has 0 N–H and O–H groups in total. The molecular weight excluding hydrogens is 362 g/mol. The number of halogens is 1. The molecule has 0 radical (unpaired) electrons. The third kappa shape index (κ3) is 3.04. The van der Waals surface area contributed by atoms with E-state index in [1.165, 1.54) is 28.0 Å². The van der Waals surface area contributed by atoms with Gasteiger partial charge in [-0.25, -0.2) is 4.90 Å². The van der Waals surface area contributed by atoms with Crippen molar-refractivity contribution in [2.45, 2.75) is 26.0 Å². The summed E-state index contributed by atoms with van der Waals surface area (Å²) in [7, 11) is 0. The van der Waals surface area contributed by atoms with Crippen LogP contribution in [0.1, 0.15) is 24.3 Å². The molecule has 0 spiro atoms. The Morgan fingerprint density at radius 3 is 2.54 bits per heavy atom. The van der Waals surface area contributed by atoms with E-state index in [9.17, 15) is 9.59 Å². The maximum absolute atomic E-state index is 13.1. The first-order chi connectivity index (χ1) is 11.4. The van der Waals surface area contributed by atoms with Gasteiger partial charge in [-0.05, 0) is 36.1 Å². The van der Waals surface area contributed by atoms with Crippen molar-refractivity contribution < 1.29 is 9.59 Å². The smallest absolute Gasteiger partial charge is 0.268 e. The van der Waals surface area contributed by atoms with Crippen molar-refractivity contribution in [2.24, 2.45) is 0 Å². The number of carbonyl (C=O) groups excluding carboxylic acids is 2. The minimum Gasteiger partial charge on any atom is -0.268 e. The fourth-order valence-electron chi connectivity index (χ4n) is 2.54. The lowest BCUT2D eigenvalue weighted by Crippen LogP contribution is -2.32. The van der Waals surface area contributed by atoms with Crippen molar-refractivity contribution in [3.63, 3.8) is 0 Å². The number of amides is 2. The Bertz CT molecular complexity index is 841. The van der Waals surface area contributed by atoms with E-state index in [0.29, 0.717) is 21.2 Å². The molecule has 0 saturated carbocycles. The standard InChI is InChI=1S/C18H16ClNO2S2/c1-10(2)24-16-15(14-5-4-8-23-14)17(21)20(18(16)22)13-9-12(19)7-6-11(13)3/h4-10H,1-3H3. The highest BCUT2D eigenvalue weighted by Gasteiger charge is 2.41. The van der Waals surface area contributed by atoms with Crippen LogP contribution in [0, 0.1) is 6.92 Å². The van der Waals surface area contributed by atoms with Crippen molar-refractivity contribution in [1.29, 1.82) is 0 Å². The minimum atomic E-state index is -0.282. The lowest BCUT2D eigenvalue weighted by Gasteiger charge is -2.18. The second-order valence-electron chi connectivity index (χ2n) is 5.72. The maximum atomic E-state index is 13.1. The molecule has 0 bridgehead atoms. The van der Waals surface area contributed by atoms with Crippen LogP contribution >= 0.6 is 34.7 Å². The van der Waals surface area contributed by atoms with Gasteiger partial charge in [0.2, 0.25) is 0 Å². The van der Waals surface area contributed by atoms with E-state index in [0.717, 1.165) is 10.4 Å². The van der Waals surface area contributed by atoms with Crippen LogP contribution in [0.3, 0.4) is 0 Å². The van der Waals surface area contributed by atoms with Crippen molar-refractivity contribution in [3.05, 3.63) is 56.1 Å². The van der Waals surface area contributed by atoms with Crippen LogP contribution < -0.4 is 4.90 Å². The van der Waals surface area contributed by atoms with E-state index in [1.54, 1.807) is 12.1 Å². The Morgan fingerprint density at radius 1 is 1.17 bits per heavy atom. The molecule has 3 rings (SSSR count). The second-order valence-corrected chi connectivity index (χ2v) is 8.70.